The molecule has 2 aromatic carbocycles. The largest absolute Gasteiger partial charge is 0.492 e. The van der Waals surface area contributed by atoms with Crippen LogP contribution in [0.1, 0.15) is 31.2 Å². The molecule has 156 valence electrons. The minimum absolute atomic E-state index is 0.277. The van der Waals surface area contributed by atoms with E-state index < -0.39 is 5.54 Å². The number of anilines is 1. The standard InChI is InChI=1S/C23H25FN4O2/c24-19-9-7-18(8-10-19)23(11-1-2-12-23)27-22(29)26-20-5-3-6-21(17-20)30-16-15-28-14-4-13-25-28/h3-10,13-14,17H,1-2,11-12,15-16H2,(H2,26,27,29). The molecule has 0 aliphatic heterocycles. The lowest BCUT2D eigenvalue weighted by Gasteiger charge is -2.31. The van der Waals surface area contributed by atoms with Gasteiger partial charge in [-0.2, -0.15) is 5.10 Å². The maximum atomic E-state index is 13.3. The summed E-state index contributed by atoms with van der Waals surface area (Å²) in [6, 6.07) is 15.3. The number of carbonyl (C=O) groups excluding carboxylic acids is 1. The molecule has 4 rings (SSSR count). The number of urea groups is 1. The van der Waals surface area contributed by atoms with Crippen molar-refractivity contribution in [3.05, 3.63) is 78.4 Å². The molecular weight excluding hydrogens is 383 g/mol. The van der Waals surface area contributed by atoms with Gasteiger partial charge < -0.3 is 15.4 Å². The molecule has 0 radical (unpaired) electrons. The average Bonchev–Trinajstić information content (AvgIpc) is 3.42. The molecule has 0 spiro atoms. The maximum absolute atomic E-state index is 13.3. The minimum atomic E-state index is -0.463. The molecule has 0 bridgehead atoms. The summed E-state index contributed by atoms with van der Waals surface area (Å²) in [5.41, 5.74) is 1.12. The van der Waals surface area contributed by atoms with Crippen LogP contribution in [-0.2, 0) is 12.1 Å². The Morgan fingerprint density at radius 2 is 1.93 bits per heavy atom. The Hall–Kier alpha value is -3.35. The summed E-state index contributed by atoms with van der Waals surface area (Å²) < 4.78 is 20.9. The molecule has 7 heteroatoms. The van der Waals surface area contributed by atoms with Crippen molar-refractivity contribution < 1.29 is 13.9 Å². The van der Waals surface area contributed by atoms with E-state index in [1.165, 1.54) is 12.1 Å². The third kappa shape index (κ3) is 4.79. The Kier molecular flexibility index (Phi) is 5.97. The van der Waals surface area contributed by atoms with Crippen LogP contribution in [0.25, 0.3) is 0 Å². The Morgan fingerprint density at radius 1 is 1.13 bits per heavy atom. The molecule has 3 aromatic rings. The Morgan fingerprint density at radius 3 is 2.67 bits per heavy atom. The average molecular weight is 408 g/mol. The molecule has 1 aromatic heterocycles. The lowest BCUT2D eigenvalue weighted by Crippen LogP contribution is -2.45. The fourth-order valence-corrected chi connectivity index (χ4v) is 3.97. The van der Waals surface area contributed by atoms with Crippen molar-refractivity contribution in [3.8, 4) is 5.75 Å². The van der Waals surface area contributed by atoms with Crippen molar-refractivity contribution in [1.29, 1.82) is 0 Å². The van der Waals surface area contributed by atoms with Crippen LogP contribution >= 0.6 is 0 Å². The number of hydrogen-bond donors (Lipinski definition) is 2. The first-order chi connectivity index (χ1) is 14.6. The summed E-state index contributed by atoms with van der Waals surface area (Å²) in [7, 11) is 0. The fraction of sp³-hybridized carbons (Fsp3) is 0.304. The molecule has 0 atom stereocenters. The van der Waals surface area contributed by atoms with Crippen LogP contribution in [0.2, 0.25) is 0 Å². The fourth-order valence-electron chi connectivity index (χ4n) is 3.97. The first-order valence-electron chi connectivity index (χ1n) is 10.2. The van der Waals surface area contributed by atoms with E-state index in [1.807, 2.05) is 30.5 Å². The highest BCUT2D eigenvalue weighted by Crippen LogP contribution is 2.38. The van der Waals surface area contributed by atoms with Crippen LogP contribution < -0.4 is 15.4 Å². The smallest absolute Gasteiger partial charge is 0.319 e. The number of ether oxygens (including phenoxy) is 1. The van der Waals surface area contributed by atoms with E-state index in [0.29, 0.717) is 24.6 Å². The van der Waals surface area contributed by atoms with Crippen molar-refractivity contribution in [3.63, 3.8) is 0 Å². The van der Waals surface area contributed by atoms with Gasteiger partial charge in [0.25, 0.3) is 0 Å². The maximum Gasteiger partial charge on any atom is 0.319 e. The van der Waals surface area contributed by atoms with Crippen molar-refractivity contribution in [2.75, 3.05) is 11.9 Å². The lowest BCUT2D eigenvalue weighted by molar-refractivity contribution is 0.236. The van der Waals surface area contributed by atoms with Gasteiger partial charge in [0.15, 0.2) is 0 Å². The SMILES string of the molecule is O=C(Nc1cccc(OCCn2cccn2)c1)NC1(c2ccc(F)cc2)CCCC1. The van der Waals surface area contributed by atoms with E-state index in [4.69, 9.17) is 4.74 Å². The van der Waals surface area contributed by atoms with Crippen molar-refractivity contribution >= 4 is 11.7 Å². The van der Waals surface area contributed by atoms with Crippen LogP contribution in [0.5, 0.6) is 5.75 Å². The molecule has 1 saturated carbocycles. The summed E-state index contributed by atoms with van der Waals surface area (Å²) in [4.78, 5) is 12.7. The minimum Gasteiger partial charge on any atom is -0.492 e. The zero-order valence-corrected chi connectivity index (χ0v) is 16.7. The molecule has 1 heterocycles. The number of rotatable bonds is 7. The predicted octanol–water partition coefficient (Wildman–Crippen LogP) is 4.69. The number of nitrogens with zero attached hydrogens (tertiary/aromatic N) is 2. The predicted molar refractivity (Wildman–Crippen MR) is 113 cm³/mol. The van der Waals surface area contributed by atoms with Crippen LogP contribution in [0.3, 0.4) is 0 Å². The molecule has 1 aliphatic carbocycles. The second kappa shape index (κ2) is 8.98. The van der Waals surface area contributed by atoms with E-state index in [2.05, 4.69) is 15.7 Å². The Labute approximate surface area is 175 Å². The summed E-state index contributed by atoms with van der Waals surface area (Å²) in [5.74, 6) is 0.398. The van der Waals surface area contributed by atoms with E-state index in [1.54, 1.807) is 29.1 Å². The number of carbonyl (C=O) groups is 1. The molecule has 0 unspecified atom stereocenters. The third-order valence-corrected chi connectivity index (χ3v) is 5.45. The Bertz CT molecular complexity index is 967. The highest BCUT2D eigenvalue weighted by Gasteiger charge is 2.37. The van der Waals surface area contributed by atoms with Gasteiger partial charge in [-0.05, 0) is 48.7 Å². The Balaban J connectivity index is 1.37. The molecule has 0 saturated heterocycles. The molecule has 1 aliphatic rings. The van der Waals surface area contributed by atoms with Gasteiger partial charge in [-0.3, -0.25) is 4.68 Å². The van der Waals surface area contributed by atoms with Crippen molar-refractivity contribution in [2.45, 2.75) is 37.8 Å². The van der Waals surface area contributed by atoms with Crippen LogP contribution in [0, 0.1) is 5.82 Å². The molecule has 6 nitrogen and oxygen atoms in total. The second-order valence-corrected chi connectivity index (χ2v) is 7.52. The molecular formula is C23H25FN4O2. The van der Waals surface area contributed by atoms with E-state index in [9.17, 15) is 9.18 Å². The van der Waals surface area contributed by atoms with Crippen LogP contribution in [0.4, 0.5) is 14.9 Å². The molecule has 30 heavy (non-hydrogen) atoms. The number of halogens is 1. The molecule has 2 amide bonds. The number of amides is 2. The lowest BCUT2D eigenvalue weighted by atomic mass is 9.88. The van der Waals surface area contributed by atoms with E-state index >= 15 is 0 Å². The highest BCUT2D eigenvalue weighted by molar-refractivity contribution is 5.90. The molecule has 1 fully saturated rings. The van der Waals surface area contributed by atoms with Crippen molar-refractivity contribution in [1.82, 2.24) is 15.1 Å². The van der Waals surface area contributed by atoms with Gasteiger partial charge in [0.2, 0.25) is 0 Å². The third-order valence-electron chi connectivity index (χ3n) is 5.45. The summed E-state index contributed by atoms with van der Waals surface area (Å²) in [6.07, 6.45) is 7.33. The first kappa shape index (κ1) is 19.9. The van der Waals surface area contributed by atoms with Crippen LogP contribution in [-0.4, -0.2) is 22.4 Å². The van der Waals surface area contributed by atoms with Gasteiger partial charge in [-0.15, -0.1) is 0 Å². The number of benzene rings is 2. The van der Waals surface area contributed by atoms with E-state index in [-0.39, 0.29) is 11.8 Å². The first-order valence-corrected chi connectivity index (χ1v) is 10.2. The van der Waals surface area contributed by atoms with Gasteiger partial charge in [0.1, 0.15) is 18.2 Å². The zero-order chi connectivity index (χ0) is 20.8. The van der Waals surface area contributed by atoms with Gasteiger partial charge in [0, 0.05) is 24.1 Å². The summed E-state index contributed by atoms with van der Waals surface area (Å²) >= 11 is 0. The van der Waals surface area contributed by atoms with Crippen LogP contribution in [0.15, 0.2) is 67.0 Å². The summed E-state index contributed by atoms with van der Waals surface area (Å²) in [6.45, 7) is 1.12. The van der Waals surface area contributed by atoms with Gasteiger partial charge in [0.05, 0.1) is 12.1 Å². The van der Waals surface area contributed by atoms with Gasteiger partial charge >= 0.3 is 6.03 Å². The summed E-state index contributed by atoms with van der Waals surface area (Å²) in [5, 5.41) is 10.2. The van der Waals surface area contributed by atoms with Gasteiger partial charge in [-0.25, -0.2) is 9.18 Å². The quantitative estimate of drug-likeness (QED) is 0.596. The monoisotopic (exact) mass is 408 g/mol. The number of nitrogens with one attached hydrogen (secondary N) is 2. The second-order valence-electron chi connectivity index (χ2n) is 7.52. The topological polar surface area (TPSA) is 68.2 Å². The number of hydrogen-bond acceptors (Lipinski definition) is 3. The highest BCUT2D eigenvalue weighted by atomic mass is 19.1. The van der Waals surface area contributed by atoms with E-state index in [0.717, 1.165) is 31.2 Å². The molecule has 2 N–H and O–H groups in total. The van der Waals surface area contributed by atoms with Gasteiger partial charge in [-0.1, -0.05) is 31.0 Å². The van der Waals surface area contributed by atoms with Crippen molar-refractivity contribution in [2.24, 2.45) is 0 Å². The number of aromatic nitrogens is 2. The zero-order valence-electron chi connectivity index (χ0n) is 16.7. The normalized spacial score (nSPS) is 15.0.